The molecule has 10 heteroatoms. The van der Waals surface area contributed by atoms with E-state index in [0.717, 1.165) is 12.0 Å². The summed E-state index contributed by atoms with van der Waals surface area (Å²) in [5.74, 6) is -0.922. The third-order valence-electron chi connectivity index (χ3n) is 6.35. The van der Waals surface area contributed by atoms with Gasteiger partial charge >= 0.3 is 0 Å². The number of aliphatic hydroxyl groups is 1. The Morgan fingerprint density at radius 2 is 1.87 bits per heavy atom. The number of nitrogens with zero attached hydrogens (tertiary/aromatic N) is 1. The van der Waals surface area contributed by atoms with E-state index in [9.17, 15) is 22.7 Å². The molecule has 39 heavy (non-hydrogen) atoms. The maximum atomic E-state index is 14.2. The van der Waals surface area contributed by atoms with Crippen LogP contribution in [0, 0.1) is 5.82 Å². The molecule has 0 aliphatic carbocycles. The highest BCUT2D eigenvalue weighted by Gasteiger charge is 2.21. The number of carbonyl (C=O) groups is 1. The Morgan fingerprint density at radius 3 is 2.59 bits per heavy atom. The maximum absolute atomic E-state index is 14.2. The molecule has 0 spiro atoms. The zero-order chi connectivity index (χ0) is 28.7. The first kappa shape index (κ1) is 32.7. The number of halogens is 1. The summed E-state index contributed by atoms with van der Waals surface area (Å²) in [6.07, 6.45) is 3.04. The van der Waals surface area contributed by atoms with Crippen molar-refractivity contribution in [2.24, 2.45) is 5.73 Å². The quantitative estimate of drug-likeness (QED) is 0.211. The lowest BCUT2D eigenvalue weighted by Gasteiger charge is -2.21. The Kier molecular flexibility index (Phi) is 14.4. The second-order valence-electron chi connectivity index (χ2n) is 9.78. The Balaban J connectivity index is 1.74. The Bertz CT molecular complexity index is 1130. The third kappa shape index (κ3) is 12.9. The van der Waals surface area contributed by atoms with Crippen molar-refractivity contribution < 1.29 is 27.4 Å². The van der Waals surface area contributed by atoms with Crippen LogP contribution in [0.4, 0.5) is 4.39 Å². The van der Waals surface area contributed by atoms with E-state index in [2.05, 4.69) is 30.4 Å². The van der Waals surface area contributed by atoms with Gasteiger partial charge in [-0.1, -0.05) is 38.1 Å². The molecule has 0 heterocycles. The average molecular weight is 566 g/mol. The van der Waals surface area contributed by atoms with E-state index in [4.69, 9.17) is 10.5 Å². The van der Waals surface area contributed by atoms with Gasteiger partial charge in [-0.15, -0.1) is 0 Å². The predicted molar refractivity (Wildman–Crippen MR) is 152 cm³/mol. The van der Waals surface area contributed by atoms with Crippen molar-refractivity contribution in [2.75, 3.05) is 32.0 Å². The van der Waals surface area contributed by atoms with Gasteiger partial charge in [0.25, 0.3) is 0 Å². The number of sulfonamides is 1. The Hall–Kier alpha value is -2.53. The van der Waals surface area contributed by atoms with Crippen molar-refractivity contribution in [3.8, 4) is 5.75 Å². The fourth-order valence-electron chi connectivity index (χ4n) is 4.20. The van der Waals surface area contributed by atoms with E-state index in [1.54, 1.807) is 6.07 Å². The first-order valence-corrected chi connectivity index (χ1v) is 15.4. The van der Waals surface area contributed by atoms with Gasteiger partial charge in [0, 0.05) is 38.7 Å². The van der Waals surface area contributed by atoms with Gasteiger partial charge in [-0.3, -0.25) is 4.79 Å². The highest BCUT2D eigenvalue weighted by Crippen LogP contribution is 2.19. The lowest BCUT2D eigenvalue weighted by Crippen LogP contribution is -2.35. The predicted octanol–water partition coefficient (Wildman–Crippen LogP) is 3.55. The average Bonchev–Trinajstić information content (AvgIpc) is 2.90. The number of ether oxygens (including phenoxy) is 1. The number of hydrogen-bond donors (Lipinski definition) is 3. The molecule has 1 amide bonds. The van der Waals surface area contributed by atoms with E-state index in [-0.39, 0.29) is 12.2 Å². The second kappa shape index (κ2) is 17.2. The SMILES string of the molecule is CCCN(CCCCOc1cc(F)cc(CC[C@H](O)CNCc2cccc(CC)c2)c1)S(=O)(=O)CCC(N)=O. The molecule has 218 valence electrons. The third-order valence-corrected chi connectivity index (χ3v) is 8.22. The molecule has 0 aromatic heterocycles. The van der Waals surface area contributed by atoms with E-state index in [1.807, 2.05) is 13.0 Å². The zero-order valence-electron chi connectivity index (χ0n) is 23.2. The van der Waals surface area contributed by atoms with Crippen molar-refractivity contribution in [1.82, 2.24) is 9.62 Å². The molecule has 0 aliphatic heterocycles. The van der Waals surface area contributed by atoms with Crippen LogP contribution >= 0.6 is 0 Å². The number of aliphatic hydroxyl groups excluding tert-OH is 1. The molecule has 0 unspecified atom stereocenters. The van der Waals surface area contributed by atoms with E-state index in [0.29, 0.717) is 70.6 Å². The summed E-state index contributed by atoms with van der Waals surface area (Å²) in [7, 11) is -3.55. The van der Waals surface area contributed by atoms with Gasteiger partial charge in [-0.2, -0.15) is 0 Å². The van der Waals surface area contributed by atoms with Gasteiger partial charge in [0.1, 0.15) is 11.6 Å². The molecule has 2 rings (SSSR count). The van der Waals surface area contributed by atoms with Gasteiger partial charge in [0.15, 0.2) is 0 Å². The minimum absolute atomic E-state index is 0.200. The molecule has 0 radical (unpaired) electrons. The number of hydrogen-bond acceptors (Lipinski definition) is 6. The number of unbranched alkanes of at least 4 members (excludes halogenated alkanes) is 1. The molecule has 2 aromatic carbocycles. The molecule has 0 aliphatic rings. The summed E-state index contributed by atoms with van der Waals surface area (Å²) in [5, 5.41) is 13.7. The van der Waals surface area contributed by atoms with Gasteiger partial charge in [0.2, 0.25) is 15.9 Å². The van der Waals surface area contributed by atoms with Crippen molar-refractivity contribution in [2.45, 2.75) is 71.4 Å². The Morgan fingerprint density at radius 1 is 1.10 bits per heavy atom. The topological polar surface area (TPSA) is 122 Å². The molecule has 8 nitrogen and oxygen atoms in total. The van der Waals surface area contributed by atoms with Crippen molar-refractivity contribution >= 4 is 15.9 Å². The molecule has 2 aromatic rings. The number of rotatable bonds is 20. The summed E-state index contributed by atoms with van der Waals surface area (Å²) < 4.78 is 46.2. The molecule has 4 N–H and O–H groups in total. The highest BCUT2D eigenvalue weighted by atomic mass is 32.2. The first-order chi connectivity index (χ1) is 18.6. The van der Waals surface area contributed by atoms with Gasteiger partial charge in [-0.05, 0) is 67.3 Å². The molecule has 0 saturated carbocycles. The lowest BCUT2D eigenvalue weighted by molar-refractivity contribution is -0.117. The lowest BCUT2D eigenvalue weighted by atomic mass is 10.1. The van der Waals surface area contributed by atoms with Crippen LogP contribution in [-0.4, -0.2) is 61.8 Å². The standard InChI is InChI=1S/C29H44FN3O5S/c1-3-13-33(39(36,37)16-12-29(31)35)14-5-6-15-38-28-19-24(18-26(30)20-28)10-11-27(34)22-32-21-25-9-7-8-23(4-2)17-25/h7-9,17-20,27,32,34H,3-6,10-16,21-22H2,1-2H3,(H2,31,35)/t27-/m0/s1. The minimum atomic E-state index is -3.55. The largest absolute Gasteiger partial charge is 0.493 e. The van der Waals surface area contributed by atoms with Crippen LogP contribution in [0.15, 0.2) is 42.5 Å². The van der Waals surface area contributed by atoms with Gasteiger partial charge in [-0.25, -0.2) is 17.1 Å². The summed E-state index contributed by atoms with van der Waals surface area (Å²) >= 11 is 0. The number of primary amides is 1. The van der Waals surface area contributed by atoms with E-state index >= 15 is 0 Å². The molecule has 0 fully saturated rings. The van der Waals surface area contributed by atoms with Gasteiger partial charge in [0.05, 0.1) is 18.5 Å². The summed E-state index contributed by atoms with van der Waals surface area (Å²) in [6, 6.07) is 12.9. The zero-order valence-corrected chi connectivity index (χ0v) is 24.0. The second-order valence-corrected chi connectivity index (χ2v) is 11.9. The van der Waals surface area contributed by atoms with Crippen LogP contribution in [0.1, 0.15) is 62.6 Å². The molecular weight excluding hydrogens is 521 g/mol. The van der Waals surface area contributed by atoms with Crippen molar-refractivity contribution in [1.29, 1.82) is 0 Å². The number of aryl methyl sites for hydroxylation is 2. The van der Waals surface area contributed by atoms with E-state index < -0.39 is 27.9 Å². The number of carbonyl (C=O) groups excluding carboxylic acids is 1. The molecule has 0 saturated heterocycles. The van der Waals surface area contributed by atoms with Crippen molar-refractivity contribution in [3.63, 3.8) is 0 Å². The number of nitrogens with one attached hydrogen (secondary N) is 1. The summed E-state index contributed by atoms with van der Waals surface area (Å²) in [6.45, 7) is 6.15. The fraction of sp³-hybridized carbons (Fsp3) is 0.552. The number of amides is 1. The number of benzene rings is 2. The minimum Gasteiger partial charge on any atom is -0.493 e. The smallest absolute Gasteiger partial charge is 0.218 e. The summed E-state index contributed by atoms with van der Waals surface area (Å²) in [5.41, 5.74) is 8.29. The normalized spacial score (nSPS) is 12.5. The van der Waals surface area contributed by atoms with E-state index in [1.165, 1.54) is 27.6 Å². The van der Waals surface area contributed by atoms with Crippen LogP contribution in [-0.2, 0) is 34.2 Å². The fourth-order valence-corrected chi connectivity index (χ4v) is 5.79. The monoisotopic (exact) mass is 565 g/mol. The Labute approximate surface area is 232 Å². The van der Waals surface area contributed by atoms with Crippen molar-refractivity contribution in [3.05, 3.63) is 65.0 Å². The van der Waals surface area contributed by atoms with Crippen LogP contribution in [0.2, 0.25) is 0 Å². The van der Waals surface area contributed by atoms with Crippen LogP contribution < -0.4 is 15.8 Å². The van der Waals surface area contributed by atoms with Crippen LogP contribution in [0.5, 0.6) is 5.75 Å². The molecular formula is C29H44FN3O5S. The van der Waals surface area contributed by atoms with Gasteiger partial charge < -0.3 is 20.9 Å². The highest BCUT2D eigenvalue weighted by molar-refractivity contribution is 7.89. The van der Waals surface area contributed by atoms with Crippen LogP contribution in [0.25, 0.3) is 0 Å². The molecule has 1 atom stereocenters. The maximum Gasteiger partial charge on any atom is 0.218 e. The van der Waals surface area contributed by atoms with Crippen LogP contribution in [0.3, 0.4) is 0 Å². The number of nitrogens with two attached hydrogens (primary N) is 1. The first-order valence-electron chi connectivity index (χ1n) is 13.8. The summed E-state index contributed by atoms with van der Waals surface area (Å²) in [4.78, 5) is 11.0. The molecule has 0 bridgehead atoms.